The number of piperidine rings is 1. The highest BCUT2D eigenvalue weighted by molar-refractivity contribution is 7.07. The zero-order chi connectivity index (χ0) is 14.5. The smallest absolute Gasteiger partial charge is 0.231 e. The van der Waals surface area contributed by atoms with E-state index in [1.54, 1.807) is 11.3 Å². The van der Waals surface area contributed by atoms with Crippen molar-refractivity contribution in [2.24, 2.45) is 0 Å². The van der Waals surface area contributed by atoms with Crippen molar-refractivity contribution in [3.05, 3.63) is 58.3 Å². The minimum Gasteiger partial charge on any atom is -0.351 e. The number of nitrogens with one attached hydrogen (secondary N) is 2. The number of hydrogen-bond acceptors (Lipinski definition) is 3. The van der Waals surface area contributed by atoms with E-state index in [1.807, 2.05) is 23.6 Å². The summed E-state index contributed by atoms with van der Waals surface area (Å²) in [5.74, 6) is 0.154. The summed E-state index contributed by atoms with van der Waals surface area (Å²) in [7, 11) is 0. The molecule has 3 rings (SSSR count). The lowest BCUT2D eigenvalue weighted by Crippen LogP contribution is -2.50. The van der Waals surface area contributed by atoms with Crippen LogP contribution in [0.15, 0.2) is 47.2 Å². The van der Waals surface area contributed by atoms with Gasteiger partial charge in [0, 0.05) is 6.54 Å². The van der Waals surface area contributed by atoms with Crippen LogP contribution >= 0.6 is 11.3 Å². The van der Waals surface area contributed by atoms with Crippen LogP contribution < -0.4 is 10.6 Å². The number of carbonyl (C=O) groups is 1. The number of benzene rings is 1. The Labute approximate surface area is 129 Å². The molecule has 1 aromatic carbocycles. The van der Waals surface area contributed by atoms with Gasteiger partial charge in [-0.1, -0.05) is 30.3 Å². The van der Waals surface area contributed by atoms with Gasteiger partial charge in [0.2, 0.25) is 5.91 Å². The van der Waals surface area contributed by atoms with E-state index >= 15 is 0 Å². The maximum atomic E-state index is 12.9. The van der Waals surface area contributed by atoms with E-state index in [1.165, 1.54) is 5.56 Å². The largest absolute Gasteiger partial charge is 0.351 e. The predicted octanol–water partition coefficient (Wildman–Crippen LogP) is 2.69. The van der Waals surface area contributed by atoms with Crippen LogP contribution in [0.2, 0.25) is 0 Å². The monoisotopic (exact) mass is 300 g/mol. The third-order valence-electron chi connectivity index (χ3n) is 4.25. The molecule has 4 heteroatoms. The molecule has 21 heavy (non-hydrogen) atoms. The predicted molar refractivity (Wildman–Crippen MR) is 86.4 cm³/mol. The first-order chi connectivity index (χ1) is 10.3. The Hall–Kier alpha value is -1.65. The highest BCUT2D eigenvalue weighted by Crippen LogP contribution is 2.33. The van der Waals surface area contributed by atoms with Crippen LogP contribution in [0.25, 0.3) is 0 Å². The Kier molecular flexibility index (Phi) is 4.36. The van der Waals surface area contributed by atoms with Gasteiger partial charge in [-0.15, -0.1) is 0 Å². The van der Waals surface area contributed by atoms with Gasteiger partial charge >= 0.3 is 0 Å². The lowest BCUT2D eigenvalue weighted by Gasteiger charge is -2.36. The average Bonchev–Trinajstić information content (AvgIpc) is 3.07. The zero-order valence-electron chi connectivity index (χ0n) is 12.0. The van der Waals surface area contributed by atoms with Crippen molar-refractivity contribution in [1.29, 1.82) is 0 Å². The maximum absolute atomic E-state index is 12.9. The summed E-state index contributed by atoms with van der Waals surface area (Å²) in [6.07, 6.45) is 1.71. The fourth-order valence-electron chi connectivity index (χ4n) is 3.00. The van der Waals surface area contributed by atoms with E-state index in [-0.39, 0.29) is 11.3 Å². The lowest BCUT2D eigenvalue weighted by atomic mass is 9.72. The Bertz CT molecular complexity index is 574. The molecule has 3 nitrogen and oxygen atoms in total. The molecular weight excluding hydrogens is 280 g/mol. The molecule has 0 aliphatic carbocycles. The van der Waals surface area contributed by atoms with Gasteiger partial charge in [-0.05, 0) is 53.9 Å². The van der Waals surface area contributed by atoms with E-state index < -0.39 is 0 Å². The molecule has 0 bridgehead atoms. The minimum atomic E-state index is -0.386. The normalized spacial score (nSPS) is 17.3. The van der Waals surface area contributed by atoms with Crippen molar-refractivity contribution in [1.82, 2.24) is 10.6 Å². The topological polar surface area (TPSA) is 41.1 Å². The first-order valence-electron chi connectivity index (χ1n) is 7.37. The molecular formula is C17H20N2OS. The second kappa shape index (κ2) is 6.41. The van der Waals surface area contributed by atoms with E-state index in [0.717, 1.165) is 31.5 Å². The number of thiophene rings is 1. The molecule has 2 heterocycles. The highest BCUT2D eigenvalue weighted by atomic mass is 32.1. The van der Waals surface area contributed by atoms with Crippen LogP contribution in [0.3, 0.4) is 0 Å². The molecule has 0 spiro atoms. The molecule has 1 fully saturated rings. The molecule has 1 aliphatic rings. The molecule has 2 aromatic rings. The first-order valence-corrected chi connectivity index (χ1v) is 8.31. The van der Waals surface area contributed by atoms with Gasteiger partial charge in [0.25, 0.3) is 0 Å². The van der Waals surface area contributed by atoms with Gasteiger partial charge in [-0.2, -0.15) is 11.3 Å². The summed E-state index contributed by atoms with van der Waals surface area (Å²) >= 11 is 1.66. The molecule has 1 saturated heterocycles. The average molecular weight is 300 g/mol. The number of amides is 1. The number of rotatable bonds is 4. The van der Waals surface area contributed by atoms with Crippen LogP contribution in [0.4, 0.5) is 0 Å². The molecule has 1 aromatic heterocycles. The van der Waals surface area contributed by atoms with Crippen molar-refractivity contribution in [2.45, 2.75) is 24.8 Å². The maximum Gasteiger partial charge on any atom is 0.231 e. The van der Waals surface area contributed by atoms with Crippen LogP contribution in [0.5, 0.6) is 0 Å². The fraction of sp³-hybridized carbons (Fsp3) is 0.353. The second-order valence-corrected chi connectivity index (χ2v) is 6.29. The fourth-order valence-corrected chi connectivity index (χ4v) is 3.67. The Morgan fingerprint density at radius 3 is 2.62 bits per heavy atom. The van der Waals surface area contributed by atoms with Crippen LogP contribution in [0.1, 0.15) is 24.0 Å². The van der Waals surface area contributed by atoms with Crippen LogP contribution in [-0.4, -0.2) is 19.0 Å². The summed E-state index contributed by atoms with van der Waals surface area (Å²) in [4.78, 5) is 12.9. The van der Waals surface area contributed by atoms with Crippen molar-refractivity contribution < 1.29 is 4.79 Å². The van der Waals surface area contributed by atoms with Crippen molar-refractivity contribution >= 4 is 17.2 Å². The lowest BCUT2D eigenvalue weighted by molar-refractivity contribution is -0.128. The van der Waals surface area contributed by atoms with Gasteiger partial charge in [0.15, 0.2) is 0 Å². The molecule has 0 unspecified atom stereocenters. The zero-order valence-corrected chi connectivity index (χ0v) is 12.8. The molecule has 0 radical (unpaired) electrons. The van der Waals surface area contributed by atoms with Gasteiger partial charge in [0.05, 0.1) is 5.41 Å². The molecule has 1 aliphatic heterocycles. The third-order valence-corrected chi connectivity index (χ3v) is 4.98. The van der Waals surface area contributed by atoms with Crippen LogP contribution in [0, 0.1) is 0 Å². The third kappa shape index (κ3) is 3.01. The quantitative estimate of drug-likeness (QED) is 0.911. The SMILES string of the molecule is O=C(NCc1ccsc1)C1(c2ccccc2)CCNCC1. The number of hydrogen-bond donors (Lipinski definition) is 2. The Balaban J connectivity index is 1.80. The molecule has 110 valence electrons. The highest BCUT2D eigenvalue weighted by Gasteiger charge is 2.40. The Morgan fingerprint density at radius 1 is 1.19 bits per heavy atom. The van der Waals surface area contributed by atoms with Crippen molar-refractivity contribution in [3.8, 4) is 0 Å². The van der Waals surface area contributed by atoms with E-state index in [9.17, 15) is 4.79 Å². The van der Waals surface area contributed by atoms with Gasteiger partial charge in [-0.25, -0.2) is 0 Å². The summed E-state index contributed by atoms with van der Waals surface area (Å²) in [6.45, 7) is 2.39. The summed E-state index contributed by atoms with van der Waals surface area (Å²) in [5, 5.41) is 10.6. The van der Waals surface area contributed by atoms with E-state index in [2.05, 4.69) is 34.2 Å². The molecule has 2 N–H and O–H groups in total. The molecule has 1 amide bonds. The first kappa shape index (κ1) is 14.3. The molecule has 0 atom stereocenters. The van der Waals surface area contributed by atoms with Gasteiger partial charge in [-0.3, -0.25) is 4.79 Å². The standard InChI is InChI=1S/C17H20N2OS/c20-16(19-12-14-6-11-21-13-14)17(7-9-18-10-8-17)15-4-2-1-3-5-15/h1-6,11,13,18H,7-10,12H2,(H,19,20). The minimum absolute atomic E-state index is 0.154. The summed E-state index contributed by atoms with van der Waals surface area (Å²) in [5.41, 5.74) is 1.92. The van der Waals surface area contributed by atoms with Crippen molar-refractivity contribution in [2.75, 3.05) is 13.1 Å². The summed E-state index contributed by atoms with van der Waals surface area (Å²) < 4.78 is 0. The van der Waals surface area contributed by atoms with Crippen molar-refractivity contribution in [3.63, 3.8) is 0 Å². The second-order valence-electron chi connectivity index (χ2n) is 5.51. The molecule has 0 saturated carbocycles. The van der Waals surface area contributed by atoms with Gasteiger partial charge < -0.3 is 10.6 Å². The van der Waals surface area contributed by atoms with E-state index in [4.69, 9.17) is 0 Å². The van der Waals surface area contributed by atoms with Crippen LogP contribution in [-0.2, 0) is 16.8 Å². The number of carbonyl (C=O) groups excluding carboxylic acids is 1. The summed E-state index contributed by atoms with van der Waals surface area (Å²) in [6, 6.07) is 12.3. The van der Waals surface area contributed by atoms with Gasteiger partial charge in [0.1, 0.15) is 0 Å². The Morgan fingerprint density at radius 2 is 1.95 bits per heavy atom. The van der Waals surface area contributed by atoms with E-state index in [0.29, 0.717) is 6.54 Å².